The number of fused-ring (bicyclic) bond motifs is 4. The van der Waals surface area contributed by atoms with Gasteiger partial charge in [-0.15, -0.1) is 0 Å². The van der Waals surface area contributed by atoms with Crippen LogP contribution in [0.2, 0.25) is 0 Å². The third kappa shape index (κ3) is 2.50. The second kappa shape index (κ2) is 6.96. The smallest absolute Gasteiger partial charge is 0.201 e. The van der Waals surface area contributed by atoms with E-state index in [0.29, 0.717) is 22.3 Å². The number of benzene rings is 4. The first kappa shape index (κ1) is 20.1. The predicted molar refractivity (Wildman–Crippen MR) is 123 cm³/mol. The summed E-state index contributed by atoms with van der Waals surface area (Å²) in [7, 11) is 0. The number of aromatic hydroxyl groups is 4. The molecule has 0 spiro atoms. The molecule has 0 atom stereocenters. The van der Waals surface area contributed by atoms with Crippen LogP contribution in [0, 0.1) is 0 Å². The Kier molecular flexibility index (Phi) is 4.10. The fourth-order valence-corrected chi connectivity index (χ4v) is 5.56. The highest BCUT2D eigenvalue weighted by atomic mass is 16.3. The van der Waals surface area contributed by atoms with Crippen molar-refractivity contribution < 1.29 is 30.0 Å². The van der Waals surface area contributed by atoms with E-state index >= 15 is 0 Å². The lowest BCUT2D eigenvalue weighted by Gasteiger charge is -2.38. The van der Waals surface area contributed by atoms with E-state index < -0.39 is 23.4 Å². The molecule has 0 saturated carbocycles. The molecule has 0 amide bonds. The number of rotatable bonds is 1. The van der Waals surface area contributed by atoms with E-state index in [9.17, 15) is 30.0 Å². The fourth-order valence-electron chi connectivity index (χ4n) is 5.56. The molecular weight excluding hydrogens is 432 g/mol. The van der Waals surface area contributed by atoms with Gasteiger partial charge in [0.1, 0.15) is 23.0 Å². The van der Waals surface area contributed by atoms with Crippen molar-refractivity contribution in [2.75, 3.05) is 0 Å². The third-order valence-electron chi connectivity index (χ3n) is 6.88. The molecule has 0 bridgehead atoms. The molecule has 6 nitrogen and oxygen atoms in total. The van der Waals surface area contributed by atoms with Gasteiger partial charge in [0, 0.05) is 11.8 Å². The van der Waals surface area contributed by atoms with Crippen molar-refractivity contribution in [3.8, 4) is 23.0 Å². The van der Waals surface area contributed by atoms with Gasteiger partial charge in [-0.1, -0.05) is 48.5 Å². The highest BCUT2D eigenvalue weighted by molar-refractivity contribution is 6.17. The van der Waals surface area contributed by atoms with Gasteiger partial charge in [-0.05, 0) is 46.5 Å². The van der Waals surface area contributed by atoms with Crippen LogP contribution in [0.4, 0.5) is 0 Å². The van der Waals surface area contributed by atoms with E-state index in [1.165, 1.54) is 24.3 Å². The first-order chi connectivity index (χ1) is 16.4. The fraction of sp³-hybridized carbons (Fsp3) is 0.0714. The summed E-state index contributed by atoms with van der Waals surface area (Å²) in [6.07, 6.45) is 0. The summed E-state index contributed by atoms with van der Waals surface area (Å²) in [6.45, 7) is 0. The molecule has 0 aromatic heterocycles. The summed E-state index contributed by atoms with van der Waals surface area (Å²) in [5.74, 6) is -3.01. The lowest BCUT2D eigenvalue weighted by atomic mass is 9.63. The molecule has 166 valence electrons. The molecular formula is C28H18O6. The summed E-state index contributed by atoms with van der Waals surface area (Å²) in [5, 5.41) is 42.6. The van der Waals surface area contributed by atoms with E-state index in [4.69, 9.17) is 0 Å². The van der Waals surface area contributed by atoms with Crippen LogP contribution in [-0.4, -0.2) is 32.0 Å². The zero-order valence-corrected chi connectivity index (χ0v) is 17.7. The Morgan fingerprint density at radius 2 is 0.647 bits per heavy atom. The summed E-state index contributed by atoms with van der Waals surface area (Å²) in [5.41, 5.74) is 2.47. The van der Waals surface area contributed by atoms with Gasteiger partial charge >= 0.3 is 0 Å². The van der Waals surface area contributed by atoms with Crippen LogP contribution in [0.1, 0.15) is 65.9 Å². The molecule has 4 N–H and O–H groups in total. The van der Waals surface area contributed by atoms with E-state index in [1.807, 2.05) is 0 Å². The van der Waals surface area contributed by atoms with Gasteiger partial charge in [0.15, 0.2) is 0 Å². The molecule has 6 rings (SSSR count). The molecule has 0 fully saturated rings. The molecule has 0 aliphatic heterocycles. The SMILES string of the molecule is O=C1c2c(O)cccc2C(C2c3cccc(O)c3C(=O)c3c(O)cccc32)c2cccc(O)c21. The van der Waals surface area contributed by atoms with Crippen LogP contribution in [0.3, 0.4) is 0 Å². The Hall–Kier alpha value is -4.58. The molecule has 0 heterocycles. The lowest BCUT2D eigenvalue weighted by molar-refractivity contribution is 0.101. The van der Waals surface area contributed by atoms with Gasteiger partial charge in [-0.2, -0.15) is 0 Å². The van der Waals surface area contributed by atoms with Gasteiger partial charge < -0.3 is 20.4 Å². The maximum absolute atomic E-state index is 13.4. The van der Waals surface area contributed by atoms with Gasteiger partial charge in [0.05, 0.1) is 22.3 Å². The first-order valence-electron chi connectivity index (χ1n) is 10.8. The molecule has 6 heteroatoms. The van der Waals surface area contributed by atoms with Crippen molar-refractivity contribution >= 4 is 11.6 Å². The Labute approximate surface area is 194 Å². The van der Waals surface area contributed by atoms with E-state index in [1.54, 1.807) is 48.5 Å². The summed E-state index contributed by atoms with van der Waals surface area (Å²) < 4.78 is 0. The quantitative estimate of drug-likeness (QED) is 0.338. The van der Waals surface area contributed by atoms with E-state index in [0.717, 1.165) is 0 Å². The molecule has 0 radical (unpaired) electrons. The Morgan fingerprint density at radius 1 is 0.412 bits per heavy atom. The molecule has 0 unspecified atom stereocenters. The van der Waals surface area contributed by atoms with Crippen LogP contribution < -0.4 is 0 Å². The summed E-state index contributed by atoms with van der Waals surface area (Å²) >= 11 is 0. The Bertz CT molecular complexity index is 1320. The minimum Gasteiger partial charge on any atom is -0.507 e. The number of hydrogen-bond acceptors (Lipinski definition) is 6. The minimum atomic E-state index is -0.601. The number of carbonyl (C=O) groups is 2. The number of hydrogen-bond donors (Lipinski definition) is 4. The maximum atomic E-state index is 13.4. The normalized spacial score (nSPS) is 14.8. The Balaban J connectivity index is 1.75. The second-order valence-corrected chi connectivity index (χ2v) is 8.58. The van der Waals surface area contributed by atoms with Crippen molar-refractivity contribution in [2.45, 2.75) is 11.8 Å². The van der Waals surface area contributed by atoms with Crippen molar-refractivity contribution in [3.63, 3.8) is 0 Å². The van der Waals surface area contributed by atoms with Crippen molar-refractivity contribution in [2.24, 2.45) is 0 Å². The standard InChI is InChI=1S/C28H18O6/c29-17-9-1-5-13-21(14-6-2-10-18(30)24(14)27(33)23(13)17)22-15-7-3-11-19(31)25(15)28(34)26-16(22)8-4-12-20(26)32/h1-12,21-22,29-32H. The molecule has 4 aromatic rings. The topological polar surface area (TPSA) is 115 Å². The van der Waals surface area contributed by atoms with Crippen LogP contribution in [0.15, 0.2) is 72.8 Å². The number of phenols is 4. The Morgan fingerprint density at radius 3 is 0.882 bits per heavy atom. The third-order valence-corrected chi connectivity index (χ3v) is 6.88. The van der Waals surface area contributed by atoms with Gasteiger partial charge in [-0.25, -0.2) is 0 Å². The van der Waals surface area contributed by atoms with E-state index in [-0.39, 0.29) is 45.3 Å². The zero-order valence-electron chi connectivity index (χ0n) is 17.7. The number of ketones is 2. The maximum Gasteiger partial charge on any atom is 0.201 e. The first-order valence-corrected chi connectivity index (χ1v) is 10.8. The van der Waals surface area contributed by atoms with Crippen molar-refractivity contribution in [1.29, 1.82) is 0 Å². The molecule has 2 aliphatic rings. The summed E-state index contributed by atoms with van der Waals surface area (Å²) in [4.78, 5) is 26.8. The van der Waals surface area contributed by atoms with Gasteiger partial charge in [0.25, 0.3) is 0 Å². The van der Waals surface area contributed by atoms with Crippen LogP contribution in [-0.2, 0) is 0 Å². The van der Waals surface area contributed by atoms with Crippen LogP contribution in [0.25, 0.3) is 0 Å². The van der Waals surface area contributed by atoms with Gasteiger partial charge in [0.2, 0.25) is 11.6 Å². The van der Waals surface area contributed by atoms with Crippen molar-refractivity contribution in [3.05, 3.63) is 117 Å². The molecule has 0 saturated heterocycles. The monoisotopic (exact) mass is 450 g/mol. The molecule has 4 aromatic carbocycles. The van der Waals surface area contributed by atoms with Gasteiger partial charge in [-0.3, -0.25) is 9.59 Å². The van der Waals surface area contributed by atoms with Crippen molar-refractivity contribution in [1.82, 2.24) is 0 Å². The molecule has 2 aliphatic carbocycles. The predicted octanol–water partition coefficient (Wildman–Crippen LogP) is 4.56. The summed E-state index contributed by atoms with van der Waals surface area (Å²) in [6, 6.07) is 19.2. The van der Waals surface area contributed by atoms with Crippen LogP contribution in [0.5, 0.6) is 23.0 Å². The number of phenolic OH excluding ortho intramolecular Hbond substituents is 4. The highest BCUT2D eigenvalue weighted by Gasteiger charge is 2.44. The second-order valence-electron chi connectivity index (χ2n) is 8.58. The van der Waals surface area contributed by atoms with Crippen LogP contribution >= 0.6 is 0 Å². The van der Waals surface area contributed by atoms with E-state index in [2.05, 4.69) is 0 Å². The number of carbonyl (C=O) groups excluding carboxylic acids is 2. The zero-order chi connectivity index (χ0) is 23.7. The molecule has 34 heavy (non-hydrogen) atoms. The lowest BCUT2D eigenvalue weighted by Crippen LogP contribution is -2.29. The average molecular weight is 450 g/mol. The largest absolute Gasteiger partial charge is 0.507 e. The average Bonchev–Trinajstić information content (AvgIpc) is 2.80. The highest BCUT2D eigenvalue weighted by Crippen LogP contribution is 2.55. The minimum absolute atomic E-state index is 0.0850.